The number of anilines is 1. The summed E-state index contributed by atoms with van der Waals surface area (Å²) in [6.45, 7) is 0.638. The first kappa shape index (κ1) is 22.1. The first-order valence-corrected chi connectivity index (χ1v) is 11.5. The second-order valence-electron chi connectivity index (χ2n) is 7.00. The number of benzene rings is 2. The van der Waals surface area contributed by atoms with E-state index in [1.165, 1.54) is 16.9 Å². The summed E-state index contributed by atoms with van der Waals surface area (Å²) < 4.78 is 5.64. The zero-order chi connectivity index (χ0) is 21.0. The summed E-state index contributed by atoms with van der Waals surface area (Å²) in [5, 5.41) is 6.15. The van der Waals surface area contributed by atoms with Crippen LogP contribution in [0.25, 0.3) is 11.3 Å². The average molecular weight is 439 g/mol. The molecule has 1 amide bonds. The maximum absolute atomic E-state index is 12.1. The van der Waals surface area contributed by atoms with Gasteiger partial charge in [0, 0.05) is 23.8 Å². The van der Waals surface area contributed by atoms with Crippen molar-refractivity contribution in [2.45, 2.75) is 38.5 Å². The molecule has 3 rings (SSSR count). The molecule has 30 heavy (non-hydrogen) atoms. The summed E-state index contributed by atoms with van der Waals surface area (Å²) in [5.41, 5.74) is 3.12. The lowest BCUT2D eigenvalue weighted by molar-refractivity contribution is -0.116. The molecule has 0 saturated carbocycles. The number of ether oxygens (including phenoxy) is 1. The Balaban J connectivity index is 1.24. The van der Waals surface area contributed by atoms with Crippen LogP contribution in [0, 0.1) is 0 Å². The first-order chi connectivity index (χ1) is 14.7. The lowest BCUT2D eigenvalue weighted by Crippen LogP contribution is -2.11. The Labute approximate surface area is 187 Å². The molecule has 1 aromatic heterocycles. The van der Waals surface area contributed by atoms with Gasteiger partial charge >= 0.3 is 0 Å². The summed E-state index contributed by atoms with van der Waals surface area (Å²) in [5.74, 6) is 0.0178. The summed E-state index contributed by atoms with van der Waals surface area (Å²) in [6, 6.07) is 20.1. The van der Waals surface area contributed by atoms with Gasteiger partial charge in [0.15, 0.2) is 10.2 Å². The standard InChI is InChI=1S/C24H26N2O2S2/c27-22(26-24-25-21(18-30-24)20-13-7-4-8-14-20)15-9-1-2-10-16-28-23(29)17-19-11-5-3-6-12-19/h3-8,11-14,18H,1-2,9-10,15-17H2,(H,25,26,27). The summed E-state index contributed by atoms with van der Waals surface area (Å²) in [4.78, 5) is 16.6. The third kappa shape index (κ3) is 7.69. The van der Waals surface area contributed by atoms with Crippen molar-refractivity contribution in [3.8, 4) is 11.3 Å². The molecule has 6 heteroatoms. The lowest BCUT2D eigenvalue weighted by Gasteiger charge is -2.07. The van der Waals surface area contributed by atoms with Crippen LogP contribution in [0.1, 0.15) is 37.7 Å². The number of amides is 1. The molecule has 156 valence electrons. The first-order valence-electron chi connectivity index (χ1n) is 10.2. The summed E-state index contributed by atoms with van der Waals surface area (Å²) >= 11 is 6.74. The van der Waals surface area contributed by atoms with Crippen LogP contribution < -0.4 is 5.32 Å². The lowest BCUT2D eigenvalue weighted by atomic mass is 10.1. The Hall–Kier alpha value is -2.57. The minimum Gasteiger partial charge on any atom is -0.487 e. The smallest absolute Gasteiger partial charge is 0.226 e. The highest BCUT2D eigenvalue weighted by Crippen LogP contribution is 2.24. The Morgan fingerprint density at radius 3 is 2.43 bits per heavy atom. The van der Waals surface area contributed by atoms with E-state index in [4.69, 9.17) is 17.0 Å². The van der Waals surface area contributed by atoms with Crippen molar-refractivity contribution in [3.63, 3.8) is 0 Å². The number of hydrogen-bond donors (Lipinski definition) is 1. The summed E-state index contributed by atoms with van der Waals surface area (Å²) in [6.07, 6.45) is 5.01. The van der Waals surface area contributed by atoms with Gasteiger partial charge in [0.2, 0.25) is 5.91 Å². The number of thiazole rings is 1. The third-order valence-corrected chi connectivity index (χ3v) is 5.59. The molecule has 0 spiro atoms. The predicted octanol–water partition coefficient (Wildman–Crippen LogP) is 6.29. The maximum Gasteiger partial charge on any atom is 0.226 e. The molecule has 0 radical (unpaired) electrons. The highest BCUT2D eigenvalue weighted by atomic mass is 32.1. The second kappa shape index (κ2) is 12.2. The monoisotopic (exact) mass is 438 g/mol. The molecule has 0 aliphatic heterocycles. The minimum atomic E-state index is 0.0178. The fraction of sp³-hybridized carbons (Fsp3) is 0.292. The molecule has 1 heterocycles. The van der Waals surface area contributed by atoms with E-state index in [0.29, 0.717) is 29.6 Å². The van der Waals surface area contributed by atoms with Crippen molar-refractivity contribution < 1.29 is 9.53 Å². The zero-order valence-electron chi connectivity index (χ0n) is 16.9. The number of rotatable bonds is 11. The molecule has 2 aromatic carbocycles. The van der Waals surface area contributed by atoms with Crippen LogP contribution in [0.2, 0.25) is 0 Å². The van der Waals surface area contributed by atoms with Crippen LogP contribution in [0.15, 0.2) is 66.0 Å². The van der Waals surface area contributed by atoms with Gasteiger partial charge in [-0.2, -0.15) is 0 Å². The quantitative estimate of drug-likeness (QED) is 0.282. The van der Waals surface area contributed by atoms with Gasteiger partial charge in [-0.1, -0.05) is 73.5 Å². The Morgan fingerprint density at radius 2 is 1.67 bits per heavy atom. The number of unbranched alkanes of at least 4 members (excludes halogenated alkanes) is 3. The van der Waals surface area contributed by atoms with Crippen molar-refractivity contribution in [2.75, 3.05) is 11.9 Å². The highest BCUT2D eigenvalue weighted by Gasteiger charge is 2.08. The SMILES string of the molecule is O=C(CCCCCCOC(=S)Cc1ccccc1)Nc1nc(-c2ccccc2)cs1. The van der Waals surface area contributed by atoms with Crippen LogP contribution in [0.3, 0.4) is 0 Å². The highest BCUT2D eigenvalue weighted by molar-refractivity contribution is 7.80. The molecular formula is C24H26N2O2S2. The summed E-state index contributed by atoms with van der Waals surface area (Å²) in [7, 11) is 0. The molecule has 0 aliphatic carbocycles. The van der Waals surface area contributed by atoms with E-state index in [-0.39, 0.29) is 5.91 Å². The molecule has 0 saturated heterocycles. The van der Waals surface area contributed by atoms with E-state index >= 15 is 0 Å². The van der Waals surface area contributed by atoms with Crippen molar-refractivity contribution in [1.82, 2.24) is 4.98 Å². The van der Waals surface area contributed by atoms with Gasteiger partial charge in [-0.15, -0.1) is 11.3 Å². The van der Waals surface area contributed by atoms with Crippen LogP contribution in [-0.2, 0) is 16.0 Å². The third-order valence-electron chi connectivity index (χ3n) is 4.57. The molecule has 0 bridgehead atoms. The molecule has 1 N–H and O–H groups in total. The molecule has 0 aliphatic rings. The number of aromatic nitrogens is 1. The molecule has 0 fully saturated rings. The van der Waals surface area contributed by atoms with E-state index in [2.05, 4.69) is 22.4 Å². The largest absolute Gasteiger partial charge is 0.487 e. The Morgan fingerprint density at radius 1 is 0.967 bits per heavy atom. The molecule has 0 atom stereocenters. The van der Waals surface area contributed by atoms with E-state index in [1.807, 2.05) is 53.9 Å². The minimum absolute atomic E-state index is 0.0178. The number of nitrogens with one attached hydrogen (secondary N) is 1. The van der Waals surface area contributed by atoms with Gasteiger partial charge in [-0.05, 0) is 30.6 Å². The molecule has 3 aromatic rings. The maximum atomic E-state index is 12.1. The Bertz CT molecular complexity index is 927. The van der Waals surface area contributed by atoms with Crippen molar-refractivity contribution in [1.29, 1.82) is 0 Å². The molecule has 4 nitrogen and oxygen atoms in total. The van der Waals surface area contributed by atoms with Crippen molar-refractivity contribution >= 4 is 39.6 Å². The number of thiocarbonyl (C=S) groups is 1. The van der Waals surface area contributed by atoms with Gasteiger partial charge in [0.1, 0.15) is 0 Å². The number of carbonyl (C=O) groups is 1. The fourth-order valence-corrected chi connectivity index (χ4v) is 3.98. The van der Waals surface area contributed by atoms with E-state index < -0.39 is 0 Å². The normalized spacial score (nSPS) is 10.5. The van der Waals surface area contributed by atoms with Gasteiger partial charge in [-0.3, -0.25) is 4.79 Å². The van der Waals surface area contributed by atoms with Crippen LogP contribution in [-0.4, -0.2) is 22.5 Å². The fourth-order valence-electron chi connectivity index (χ4n) is 3.00. The van der Waals surface area contributed by atoms with Crippen LogP contribution in [0.5, 0.6) is 0 Å². The molecular weight excluding hydrogens is 412 g/mol. The predicted molar refractivity (Wildman–Crippen MR) is 128 cm³/mol. The van der Waals surface area contributed by atoms with Crippen molar-refractivity contribution in [2.24, 2.45) is 0 Å². The topological polar surface area (TPSA) is 51.2 Å². The van der Waals surface area contributed by atoms with Crippen molar-refractivity contribution in [3.05, 3.63) is 71.6 Å². The van der Waals surface area contributed by atoms with Gasteiger partial charge in [0.25, 0.3) is 0 Å². The van der Waals surface area contributed by atoms with Gasteiger partial charge in [-0.25, -0.2) is 4.98 Å². The van der Waals surface area contributed by atoms with E-state index in [0.717, 1.165) is 36.9 Å². The van der Waals surface area contributed by atoms with Crippen LogP contribution in [0.4, 0.5) is 5.13 Å². The second-order valence-corrected chi connectivity index (χ2v) is 8.31. The molecule has 0 unspecified atom stereocenters. The zero-order valence-corrected chi connectivity index (χ0v) is 18.5. The number of nitrogens with zero attached hydrogens (tertiary/aromatic N) is 1. The Kier molecular flexibility index (Phi) is 9.00. The van der Waals surface area contributed by atoms with E-state index in [1.54, 1.807) is 0 Å². The van der Waals surface area contributed by atoms with Gasteiger partial charge in [0.05, 0.1) is 12.3 Å². The average Bonchev–Trinajstić information content (AvgIpc) is 3.23. The van der Waals surface area contributed by atoms with Crippen LogP contribution >= 0.6 is 23.6 Å². The number of hydrogen-bond acceptors (Lipinski definition) is 5. The van der Waals surface area contributed by atoms with Gasteiger partial charge < -0.3 is 10.1 Å². The number of carbonyl (C=O) groups excluding carboxylic acids is 1. The van der Waals surface area contributed by atoms with E-state index in [9.17, 15) is 4.79 Å².